The molecule has 3 aromatic rings. The zero-order valence-electron chi connectivity index (χ0n) is 14.7. The van der Waals surface area contributed by atoms with Crippen molar-refractivity contribution in [3.63, 3.8) is 0 Å². The number of hydrogen-bond donors (Lipinski definition) is 3. The number of halogens is 2. The third-order valence-corrected chi connectivity index (χ3v) is 5.33. The summed E-state index contributed by atoms with van der Waals surface area (Å²) in [4.78, 5) is 18.0. The molecule has 1 aliphatic rings. The van der Waals surface area contributed by atoms with Crippen LogP contribution in [0.5, 0.6) is 0 Å². The van der Waals surface area contributed by atoms with E-state index in [2.05, 4.69) is 20.2 Å². The monoisotopic (exact) mass is 435 g/mol. The normalized spacial score (nSPS) is 16.4. The van der Waals surface area contributed by atoms with Crippen LogP contribution in [0.2, 0.25) is 0 Å². The molecule has 0 fully saturated rings. The van der Waals surface area contributed by atoms with Gasteiger partial charge < -0.3 is 16.5 Å². The van der Waals surface area contributed by atoms with Crippen molar-refractivity contribution in [2.75, 3.05) is 0 Å². The maximum Gasteiger partial charge on any atom is 0.271 e. The summed E-state index contributed by atoms with van der Waals surface area (Å²) in [5.74, 6) is -0.574. The molecule has 1 atom stereocenters. The molecule has 0 saturated carbocycles. The van der Waals surface area contributed by atoms with Gasteiger partial charge in [0, 0.05) is 17.7 Å². The molecule has 9 nitrogen and oxygen atoms in total. The number of nitro groups is 1. The Bertz CT molecular complexity index is 1160. The lowest BCUT2D eigenvalue weighted by Crippen LogP contribution is -2.22. The number of fused-ring (bicyclic) bond motifs is 2. The summed E-state index contributed by atoms with van der Waals surface area (Å²) in [5.41, 5.74) is 14.0. The van der Waals surface area contributed by atoms with Crippen LogP contribution in [0.3, 0.4) is 0 Å². The molecule has 4 rings (SSSR count). The Morgan fingerprint density at radius 2 is 2.10 bits per heavy atom. The molecular formula is C17H15ClFN7O2S. The van der Waals surface area contributed by atoms with Gasteiger partial charge in [0.05, 0.1) is 26.9 Å². The minimum Gasteiger partial charge on any atom is -0.369 e. The Kier molecular flexibility index (Phi) is 5.71. The van der Waals surface area contributed by atoms with Crippen LogP contribution in [-0.4, -0.2) is 31.8 Å². The first-order valence-electron chi connectivity index (χ1n) is 8.17. The van der Waals surface area contributed by atoms with Crippen LogP contribution in [0.25, 0.3) is 11.0 Å². The molecule has 1 aliphatic carbocycles. The van der Waals surface area contributed by atoms with Crippen LogP contribution in [0.4, 0.5) is 10.1 Å². The van der Waals surface area contributed by atoms with E-state index in [-0.39, 0.29) is 35.1 Å². The molecule has 29 heavy (non-hydrogen) atoms. The number of guanidine groups is 1. The minimum atomic E-state index is -0.463. The molecule has 12 heteroatoms. The van der Waals surface area contributed by atoms with Crippen LogP contribution in [0.1, 0.15) is 11.1 Å². The van der Waals surface area contributed by atoms with Crippen molar-refractivity contribution >= 4 is 52.6 Å². The lowest BCUT2D eigenvalue weighted by molar-refractivity contribution is -0.384. The van der Waals surface area contributed by atoms with Crippen molar-refractivity contribution in [3.8, 4) is 0 Å². The highest BCUT2D eigenvalue weighted by molar-refractivity contribution is 8.00. The van der Waals surface area contributed by atoms with E-state index in [0.29, 0.717) is 33.9 Å². The standard InChI is InChI=1S/C17H14FN7O2S.ClH/c18-9-2-1-8-5-14(15(11(8)6-9)23-24-16(19)20)28-17-21-12-4-3-10(25(26)27)7-13(12)22-17;/h1-4,6-7,14H,5H2,(H,21,22)(H4,19,20,24);1H/b23-15+;. The minimum absolute atomic E-state index is 0. The van der Waals surface area contributed by atoms with Crippen LogP contribution in [0.15, 0.2) is 51.8 Å². The number of nitro benzene ring substituents is 1. The summed E-state index contributed by atoms with van der Waals surface area (Å²) in [5, 5.41) is 19.1. The fourth-order valence-corrected chi connectivity index (χ4v) is 4.18. The third kappa shape index (κ3) is 4.15. The third-order valence-electron chi connectivity index (χ3n) is 4.24. The number of aromatic nitrogens is 2. The molecule has 1 aromatic heterocycles. The fraction of sp³-hybridized carbons (Fsp3) is 0.118. The van der Waals surface area contributed by atoms with Crippen molar-refractivity contribution in [3.05, 3.63) is 63.5 Å². The molecule has 0 amide bonds. The Labute approximate surface area is 174 Å². The molecule has 2 aromatic carbocycles. The van der Waals surface area contributed by atoms with E-state index in [1.54, 1.807) is 12.1 Å². The number of H-pyrrole nitrogens is 1. The molecule has 0 aliphatic heterocycles. The van der Waals surface area contributed by atoms with Crippen LogP contribution >= 0.6 is 24.2 Å². The largest absolute Gasteiger partial charge is 0.369 e. The Hall–Kier alpha value is -3.18. The Balaban J connectivity index is 0.00000240. The number of hydrogen-bond acceptors (Lipinski definition) is 6. The zero-order chi connectivity index (χ0) is 19.8. The second-order valence-electron chi connectivity index (χ2n) is 6.12. The number of rotatable bonds is 4. The first kappa shape index (κ1) is 20.6. The molecule has 0 saturated heterocycles. The van der Waals surface area contributed by atoms with Gasteiger partial charge in [0.15, 0.2) is 5.16 Å². The van der Waals surface area contributed by atoms with E-state index < -0.39 is 4.92 Å². The summed E-state index contributed by atoms with van der Waals surface area (Å²) >= 11 is 1.37. The van der Waals surface area contributed by atoms with Crippen molar-refractivity contribution in [2.24, 2.45) is 21.7 Å². The number of benzene rings is 2. The average molecular weight is 436 g/mol. The highest BCUT2D eigenvalue weighted by atomic mass is 35.5. The predicted molar refractivity (Wildman–Crippen MR) is 112 cm³/mol. The quantitative estimate of drug-likeness (QED) is 0.248. The number of nitrogens with one attached hydrogen (secondary N) is 1. The number of nitrogens with zero attached hydrogens (tertiary/aromatic N) is 4. The number of non-ortho nitro benzene ring substituents is 1. The Morgan fingerprint density at radius 3 is 2.83 bits per heavy atom. The summed E-state index contributed by atoms with van der Waals surface area (Å²) in [6.07, 6.45) is 0.594. The van der Waals surface area contributed by atoms with Gasteiger partial charge in [0.25, 0.3) is 5.69 Å². The van der Waals surface area contributed by atoms with Gasteiger partial charge in [-0.3, -0.25) is 10.1 Å². The van der Waals surface area contributed by atoms with Crippen molar-refractivity contribution < 1.29 is 9.31 Å². The van der Waals surface area contributed by atoms with Gasteiger partial charge in [-0.1, -0.05) is 17.8 Å². The van der Waals surface area contributed by atoms with Crippen molar-refractivity contribution in [2.45, 2.75) is 16.8 Å². The first-order chi connectivity index (χ1) is 13.4. The number of nitrogens with two attached hydrogens (primary N) is 2. The van der Waals surface area contributed by atoms with E-state index >= 15 is 0 Å². The fourth-order valence-electron chi connectivity index (χ4n) is 3.04. The van der Waals surface area contributed by atoms with Crippen LogP contribution in [-0.2, 0) is 6.42 Å². The predicted octanol–water partition coefficient (Wildman–Crippen LogP) is 2.73. The van der Waals surface area contributed by atoms with Gasteiger partial charge in [0.2, 0.25) is 5.96 Å². The van der Waals surface area contributed by atoms with Gasteiger partial charge in [-0.05, 0) is 30.2 Å². The lowest BCUT2D eigenvalue weighted by atomic mass is 10.1. The molecule has 1 heterocycles. The molecule has 0 radical (unpaired) electrons. The summed E-state index contributed by atoms with van der Waals surface area (Å²) in [6, 6.07) is 8.92. The summed E-state index contributed by atoms with van der Waals surface area (Å²) in [6.45, 7) is 0. The van der Waals surface area contributed by atoms with E-state index in [0.717, 1.165) is 5.56 Å². The molecule has 5 N–H and O–H groups in total. The molecule has 150 valence electrons. The lowest BCUT2D eigenvalue weighted by Gasteiger charge is -2.07. The second-order valence-corrected chi connectivity index (χ2v) is 7.31. The van der Waals surface area contributed by atoms with Crippen molar-refractivity contribution in [1.82, 2.24) is 9.97 Å². The average Bonchev–Trinajstić information content (AvgIpc) is 3.19. The van der Waals surface area contributed by atoms with Gasteiger partial charge in [-0.25, -0.2) is 9.37 Å². The summed E-state index contributed by atoms with van der Waals surface area (Å²) < 4.78 is 13.7. The van der Waals surface area contributed by atoms with Gasteiger partial charge in [-0.15, -0.1) is 17.5 Å². The van der Waals surface area contributed by atoms with E-state index in [1.165, 1.54) is 36.0 Å². The Morgan fingerprint density at radius 1 is 1.31 bits per heavy atom. The van der Waals surface area contributed by atoms with Crippen LogP contribution in [0, 0.1) is 15.9 Å². The topological polar surface area (TPSA) is 149 Å². The molecule has 0 spiro atoms. The second kappa shape index (κ2) is 8.05. The van der Waals surface area contributed by atoms with Crippen LogP contribution < -0.4 is 11.5 Å². The van der Waals surface area contributed by atoms with Gasteiger partial charge in [-0.2, -0.15) is 5.10 Å². The number of thioether (sulfide) groups is 1. The number of aromatic amines is 1. The summed E-state index contributed by atoms with van der Waals surface area (Å²) in [7, 11) is 0. The van der Waals surface area contributed by atoms with Crippen molar-refractivity contribution in [1.29, 1.82) is 0 Å². The van der Waals surface area contributed by atoms with Gasteiger partial charge >= 0.3 is 0 Å². The zero-order valence-corrected chi connectivity index (χ0v) is 16.3. The number of imidazole rings is 1. The molecule has 1 unspecified atom stereocenters. The van der Waals surface area contributed by atoms with E-state index in [4.69, 9.17) is 11.5 Å². The van der Waals surface area contributed by atoms with E-state index in [1.807, 2.05) is 0 Å². The maximum absolute atomic E-state index is 13.7. The van der Waals surface area contributed by atoms with E-state index in [9.17, 15) is 14.5 Å². The molecular weight excluding hydrogens is 421 g/mol. The maximum atomic E-state index is 13.7. The smallest absolute Gasteiger partial charge is 0.271 e. The first-order valence-corrected chi connectivity index (χ1v) is 9.05. The SMILES string of the molecule is Cl.NC(N)=N/N=C1\c2cc(F)ccc2CC1Sc1nc2ccc([N+](=O)[O-])cc2[nH]1. The highest BCUT2D eigenvalue weighted by Gasteiger charge is 2.31. The highest BCUT2D eigenvalue weighted by Crippen LogP contribution is 2.35. The molecule has 0 bridgehead atoms. The van der Waals surface area contributed by atoms with Gasteiger partial charge in [0.1, 0.15) is 5.82 Å².